The minimum atomic E-state index is -0.363. The van der Waals surface area contributed by atoms with E-state index in [1.807, 2.05) is 30.3 Å². The lowest BCUT2D eigenvalue weighted by Crippen LogP contribution is -2.26. The van der Waals surface area contributed by atoms with Crippen molar-refractivity contribution in [3.8, 4) is 17.4 Å². The zero-order valence-corrected chi connectivity index (χ0v) is 13.6. The molecule has 0 unspecified atom stereocenters. The fraction of sp³-hybridized carbons (Fsp3) is 0.105. The molecule has 3 rings (SSSR count). The van der Waals surface area contributed by atoms with Crippen LogP contribution in [0.15, 0.2) is 71.5 Å². The molecule has 0 aliphatic heterocycles. The number of ketones is 1. The highest BCUT2D eigenvalue weighted by molar-refractivity contribution is 5.95. The Bertz CT molecular complexity index is 918. The van der Waals surface area contributed by atoms with Crippen LogP contribution in [0.25, 0.3) is 0 Å². The Morgan fingerprint density at radius 2 is 1.64 bits per heavy atom. The Hall–Kier alpha value is -3.41. The maximum Gasteiger partial charge on any atom is 0.267 e. The summed E-state index contributed by atoms with van der Waals surface area (Å²) in [5, 5.41) is 3.97. The fourth-order valence-corrected chi connectivity index (χ4v) is 2.21. The van der Waals surface area contributed by atoms with Gasteiger partial charge in [-0.3, -0.25) is 9.59 Å². The Balaban J connectivity index is 1.72. The van der Waals surface area contributed by atoms with Crippen molar-refractivity contribution in [2.24, 2.45) is 0 Å². The van der Waals surface area contributed by atoms with E-state index >= 15 is 0 Å². The van der Waals surface area contributed by atoms with E-state index in [0.717, 1.165) is 4.68 Å². The fourth-order valence-electron chi connectivity index (χ4n) is 2.21. The first-order valence-electron chi connectivity index (χ1n) is 7.64. The Kier molecular flexibility index (Phi) is 4.89. The molecule has 0 atom stereocenters. The molecule has 6 heteroatoms. The summed E-state index contributed by atoms with van der Waals surface area (Å²) in [6, 6.07) is 18.9. The molecule has 0 fully saturated rings. The maximum absolute atomic E-state index is 12.4. The lowest BCUT2D eigenvalue weighted by atomic mass is 10.1. The molecule has 6 nitrogen and oxygen atoms in total. The second-order valence-corrected chi connectivity index (χ2v) is 5.23. The van der Waals surface area contributed by atoms with Gasteiger partial charge in [0.05, 0.1) is 7.11 Å². The first-order chi connectivity index (χ1) is 12.2. The SMILES string of the molecule is COc1ccc(=O)n(CC(=O)c2ccc(Oc3ccccc3)cc2)n1. The standard InChI is InChI=1S/C19H16N2O4/c1-24-18-11-12-19(23)21(20-18)13-17(22)14-7-9-16(10-8-14)25-15-5-3-2-4-6-15/h2-12H,13H2,1H3. The average Bonchev–Trinajstić information content (AvgIpc) is 2.65. The van der Waals surface area contributed by atoms with E-state index in [0.29, 0.717) is 17.1 Å². The highest BCUT2D eigenvalue weighted by atomic mass is 16.5. The number of hydrogen-bond donors (Lipinski definition) is 0. The van der Waals surface area contributed by atoms with E-state index in [-0.39, 0.29) is 23.8 Å². The van der Waals surface area contributed by atoms with Crippen LogP contribution in [0.3, 0.4) is 0 Å². The molecular formula is C19H16N2O4. The number of aromatic nitrogens is 2. The van der Waals surface area contributed by atoms with Crippen LogP contribution in [0.4, 0.5) is 0 Å². The summed E-state index contributed by atoms with van der Waals surface area (Å²) >= 11 is 0. The number of ether oxygens (including phenoxy) is 2. The Labute approximate surface area is 144 Å². The van der Waals surface area contributed by atoms with Gasteiger partial charge in [0.25, 0.3) is 5.56 Å². The van der Waals surface area contributed by atoms with Crippen molar-refractivity contribution in [2.75, 3.05) is 7.11 Å². The van der Waals surface area contributed by atoms with Crippen LogP contribution >= 0.6 is 0 Å². The van der Waals surface area contributed by atoms with Gasteiger partial charge in [-0.2, -0.15) is 0 Å². The van der Waals surface area contributed by atoms with Crippen LogP contribution in [-0.4, -0.2) is 22.7 Å². The summed E-state index contributed by atoms with van der Waals surface area (Å²) in [6.45, 7) is -0.158. The van der Waals surface area contributed by atoms with Crippen molar-refractivity contribution < 1.29 is 14.3 Å². The molecule has 0 amide bonds. The molecule has 0 aliphatic carbocycles. The van der Waals surface area contributed by atoms with Crippen molar-refractivity contribution in [3.05, 3.63) is 82.6 Å². The largest absolute Gasteiger partial charge is 0.480 e. The van der Waals surface area contributed by atoms with Crippen molar-refractivity contribution >= 4 is 5.78 Å². The zero-order chi connectivity index (χ0) is 17.6. The van der Waals surface area contributed by atoms with Gasteiger partial charge in [-0.25, -0.2) is 4.68 Å². The van der Waals surface area contributed by atoms with Crippen LogP contribution in [-0.2, 0) is 6.54 Å². The third-order valence-electron chi connectivity index (χ3n) is 3.50. The lowest BCUT2D eigenvalue weighted by molar-refractivity contribution is 0.0965. The van der Waals surface area contributed by atoms with Crippen molar-refractivity contribution in [1.82, 2.24) is 9.78 Å². The van der Waals surface area contributed by atoms with E-state index in [4.69, 9.17) is 9.47 Å². The van der Waals surface area contributed by atoms with Crippen LogP contribution < -0.4 is 15.0 Å². The van der Waals surface area contributed by atoms with Gasteiger partial charge in [0, 0.05) is 17.7 Å². The Morgan fingerprint density at radius 1 is 0.960 bits per heavy atom. The van der Waals surface area contributed by atoms with Gasteiger partial charge in [-0.15, -0.1) is 5.10 Å². The maximum atomic E-state index is 12.4. The number of carbonyl (C=O) groups excluding carboxylic acids is 1. The number of methoxy groups -OCH3 is 1. The number of rotatable bonds is 6. The molecule has 0 spiro atoms. The van der Waals surface area contributed by atoms with E-state index in [1.54, 1.807) is 24.3 Å². The van der Waals surface area contributed by atoms with Crippen molar-refractivity contribution in [3.63, 3.8) is 0 Å². The second-order valence-electron chi connectivity index (χ2n) is 5.23. The minimum Gasteiger partial charge on any atom is -0.480 e. The van der Waals surface area contributed by atoms with Crippen molar-refractivity contribution in [1.29, 1.82) is 0 Å². The average molecular weight is 336 g/mol. The summed E-state index contributed by atoms with van der Waals surface area (Å²) in [4.78, 5) is 24.1. The van der Waals surface area contributed by atoms with Crippen LogP contribution in [0.1, 0.15) is 10.4 Å². The number of benzene rings is 2. The zero-order valence-electron chi connectivity index (χ0n) is 13.6. The molecule has 3 aromatic rings. The number of para-hydroxylation sites is 1. The molecule has 2 aromatic carbocycles. The molecule has 0 aliphatic rings. The van der Waals surface area contributed by atoms with E-state index in [2.05, 4.69) is 5.10 Å². The van der Waals surface area contributed by atoms with Crippen LogP contribution in [0.5, 0.6) is 17.4 Å². The molecule has 0 bridgehead atoms. The molecule has 126 valence electrons. The number of hydrogen-bond acceptors (Lipinski definition) is 5. The minimum absolute atomic E-state index is 0.158. The molecule has 0 radical (unpaired) electrons. The summed E-state index contributed by atoms with van der Waals surface area (Å²) in [6.07, 6.45) is 0. The third kappa shape index (κ3) is 4.11. The van der Waals surface area contributed by atoms with Gasteiger partial charge in [0.2, 0.25) is 5.88 Å². The summed E-state index contributed by atoms with van der Waals surface area (Å²) in [5.74, 6) is 1.39. The van der Waals surface area contributed by atoms with Gasteiger partial charge in [0.1, 0.15) is 18.0 Å². The molecule has 0 saturated heterocycles. The smallest absolute Gasteiger partial charge is 0.267 e. The molecule has 25 heavy (non-hydrogen) atoms. The van der Waals surface area contributed by atoms with Gasteiger partial charge in [-0.1, -0.05) is 18.2 Å². The van der Waals surface area contributed by atoms with Crippen LogP contribution in [0, 0.1) is 0 Å². The molecule has 1 aromatic heterocycles. The predicted molar refractivity (Wildman–Crippen MR) is 92.3 cm³/mol. The van der Waals surface area contributed by atoms with Crippen LogP contribution in [0.2, 0.25) is 0 Å². The lowest BCUT2D eigenvalue weighted by Gasteiger charge is -2.07. The van der Waals surface area contributed by atoms with Gasteiger partial charge < -0.3 is 9.47 Å². The summed E-state index contributed by atoms with van der Waals surface area (Å²) < 4.78 is 11.7. The van der Waals surface area contributed by atoms with E-state index < -0.39 is 0 Å². The Morgan fingerprint density at radius 3 is 2.32 bits per heavy atom. The predicted octanol–water partition coefficient (Wildman–Crippen LogP) is 2.93. The number of Topliss-reactive ketones (excluding diaryl/α,β-unsaturated/α-hetero) is 1. The highest BCUT2D eigenvalue weighted by Gasteiger charge is 2.10. The van der Waals surface area contributed by atoms with Crippen molar-refractivity contribution in [2.45, 2.75) is 6.54 Å². The van der Waals surface area contributed by atoms with E-state index in [1.165, 1.54) is 19.2 Å². The number of nitrogens with zero attached hydrogens (tertiary/aromatic N) is 2. The topological polar surface area (TPSA) is 70.4 Å². The monoisotopic (exact) mass is 336 g/mol. The van der Waals surface area contributed by atoms with Gasteiger partial charge >= 0.3 is 0 Å². The molecule has 0 saturated carbocycles. The molecule has 1 heterocycles. The first kappa shape index (κ1) is 16.4. The van der Waals surface area contributed by atoms with E-state index in [9.17, 15) is 9.59 Å². The van der Waals surface area contributed by atoms with Gasteiger partial charge in [-0.05, 0) is 36.4 Å². The highest BCUT2D eigenvalue weighted by Crippen LogP contribution is 2.21. The normalized spacial score (nSPS) is 10.3. The molecular weight excluding hydrogens is 320 g/mol. The quantitative estimate of drug-likeness (QED) is 0.647. The third-order valence-corrected chi connectivity index (χ3v) is 3.50. The summed E-state index contributed by atoms with van der Waals surface area (Å²) in [5.41, 5.74) is 0.107. The first-order valence-corrected chi connectivity index (χ1v) is 7.64. The molecule has 0 N–H and O–H groups in total. The second kappa shape index (κ2) is 7.44. The number of carbonyl (C=O) groups is 1. The summed E-state index contributed by atoms with van der Waals surface area (Å²) in [7, 11) is 1.45. The van der Waals surface area contributed by atoms with Gasteiger partial charge in [0.15, 0.2) is 5.78 Å².